The molecule has 0 aromatic rings. The number of nitrogens with one attached hydrogen (secondary N) is 1. The number of hydrogen-bond acceptors (Lipinski definition) is 2. The molecule has 1 saturated heterocycles. The predicted molar refractivity (Wildman–Crippen MR) is 60.9 cm³/mol. The molecule has 1 fully saturated rings. The highest BCUT2D eigenvalue weighted by molar-refractivity contribution is 5.75. The summed E-state index contributed by atoms with van der Waals surface area (Å²) in [6, 6.07) is 0. The van der Waals surface area contributed by atoms with Crippen LogP contribution in [0.2, 0.25) is 0 Å². The maximum atomic E-state index is 11.4. The molecule has 3 heteroatoms. The predicted octanol–water partition coefficient (Wildman–Crippen LogP) is 2.27. The highest BCUT2D eigenvalue weighted by atomic mass is 16.4. The van der Waals surface area contributed by atoms with Crippen molar-refractivity contribution < 1.29 is 9.90 Å². The van der Waals surface area contributed by atoms with Gasteiger partial charge in [-0.1, -0.05) is 26.7 Å². The monoisotopic (exact) mass is 213 g/mol. The van der Waals surface area contributed by atoms with E-state index < -0.39 is 11.4 Å². The topological polar surface area (TPSA) is 49.3 Å². The number of aliphatic carboxylic acids is 1. The van der Waals surface area contributed by atoms with E-state index in [9.17, 15) is 9.90 Å². The lowest BCUT2D eigenvalue weighted by molar-refractivity contribution is -0.151. The second-order valence-electron chi connectivity index (χ2n) is 4.96. The van der Waals surface area contributed by atoms with Crippen LogP contribution in [0.25, 0.3) is 0 Å². The molecular formula is C12H23NO2. The Kier molecular flexibility index (Phi) is 4.58. The number of carbonyl (C=O) groups is 1. The minimum absolute atomic E-state index is 0.493. The summed E-state index contributed by atoms with van der Waals surface area (Å²) in [5, 5.41) is 12.6. The van der Waals surface area contributed by atoms with E-state index in [0.29, 0.717) is 12.5 Å². The molecule has 2 atom stereocenters. The third-order valence-corrected chi connectivity index (χ3v) is 3.45. The fraction of sp³-hybridized carbons (Fsp3) is 0.917. The molecule has 0 spiro atoms. The molecule has 0 aromatic carbocycles. The smallest absolute Gasteiger partial charge is 0.310 e. The Morgan fingerprint density at radius 2 is 2.33 bits per heavy atom. The van der Waals surface area contributed by atoms with Crippen LogP contribution in [0, 0.1) is 11.3 Å². The first kappa shape index (κ1) is 12.5. The normalized spacial score (nSPS) is 28.7. The Morgan fingerprint density at radius 3 is 2.80 bits per heavy atom. The molecule has 0 aliphatic carbocycles. The van der Waals surface area contributed by atoms with Crippen molar-refractivity contribution in [1.29, 1.82) is 0 Å². The number of piperidine rings is 1. The van der Waals surface area contributed by atoms with Crippen molar-refractivity contribution >= 4 is 5.97 Å². The molecule has 0 radical (unpaired) electrons. The average Bonchev–Trinajstić information content (AvgIpc) is 2.19. The Hall–Kier alpha value is -0.570. The van der Waals surface area contributed by atoms with Gasteiger partial charge in [-0.25, -0.2) is 0 Å². The van der Waals surface area contributed by atoms with Gasteiger partial charge in [-0.15, -0.1) is 0 Å². The third-order valence-electron chi connectivity index (χ3n) is 3.45. The van der Waals surface area contributed by atoms with Crippen molar-refractivity contribution in [3.8, 4) is 0 Å². The van der Waals surface area contributed by atoms with Gasteiger partial charge in [-0.2, -0.15) is 0 Å². The Morgan fingerprint density at radius 1 is 1.60 bits per heavy atom. The van der Waals surface area contributed by atoms with Gasteiger partial charge in [0, 0.05) is 6.54 Å². The highest BCUT2D eigenvalue weighted by Crippen LogP contribution is 2.35. The van der Waals surface area contributed by atoms with Gasteiger partial charge in [0.05, 0.1) is 5.41 Å². The fourth-order valence-corrected chi connectivity index (χ4v) is 2.67. The summed E-state index contributed by atoms with van der Waals surface area (Å²) in [6.45, 7) is 5.94. The molecule has 1 heterocycles. The molecule has 1 rings (SSSR count). The zero-order valence-corrected chi connectivity index (χ0v) is 9.88. The molecule has 3 nitrogen and oxygen atoms in total. The lowest BCUT2D eigenvalue weighted by Crippen LogP contribution is -2.46. The van der Waals surface area contributed by atoms with Crippen molar-refractivity contribution in [3.05, 3.63) is 0 Å². The second-order valence-corrected chi connectivity index (χ2v) is 4.96. The van der Waals surface area contributed by atoms with Crippen molar-refractivity contribution in [2.24, 2.45) is 11.3 Å². The van der Waals surface area contributed by atoms with Gasteiger partial charge >= 0.3 is 5.97 Å². The van der Waals surface area contributed by atoms with Crippen molar-refractivity contribution in [2.45, 2.75) is 46.0 Å². The van der Waals surface area contributed by atoms with Crippen molar-refractivity contribution in [1.82, 2.24) is 5.32 Å². The van der Waals surface area contributed by atoms with Crippen LogP contribution < -0.4 is 5.32 Å². The maximum Gasteiger partial charge on any atom is 0.310 e. The lowest BCUT2D eigenvalue weighted by Gasteiger charge is -2.35. The van der Waals surface area contributed by atoms with E-state index in [1.54, 1.807) is 0 Å². The minimum Gasteiger partial charge on any atom is -0.481 e. The van der Waals surface area contributed by atoms with Crippen LogP contribution >= 0.6 is 0 Å². The molecule has 2 N–H and O–H groups in total. The van der Waals surface area contributed by atoms with E-state index in [-0.39, 0.29) is 0 Å². The number of carboxylic acid groups (broad SMARTS) is 1. The van der Waals surface area contributed by atoms with Gasteiger partial charge in [0.1, 0.15) is 0 Å². The van der Waals surface area contributed by atoms with Crippen LogP contribution in [0.4, 0.5) is 0 Å². The van der Waals surface area contributed by atoms with E-state index in [2.05, 4.69) is 19.2 Å². The Balaban J connectivity index is 2.60. The summed E-state index contributed by atoms with van der Waals surface area (Å²) in [6.07, 6.45) is 4.93. The summed E-state index contributed by atoms with van der Waals surface area (Å²) < 4.78 is 0. The first-order valence-electron chi connectivity index (χ1n) is 6.05. The molecule has 15 heavy (non-hydrogen) atoms. The van der Waals surface area contributed by atoms with E-state index in [1.807, 2.05) is 0 Å². The van der Waals surface area contributed by atoms with Gasteiger partial charge in [0.25, 0.3) is 0 Å². The summed E-state index contributed by atoms with van der Waals surface area (Å²) in [5.41, 5.74) is -0.493. The Bertz CT molecular complexity index is 210. The van der Waals surface area contributed by atoms with E-state index >= 15 is 0 Å². The second kappa shape index (κ2) is 5.50. The molecule has 0 saturated carbocycles. The van der Waals surface area contributed by atoms with Gasteiger partial charge in [-0.05, 0) is 31.7 Å². The van der Waals surface area contributed by atoms with Crippen LogP contribution in [-0.2, 0) is 4.79 Å². The molecule has 0 amide bonds. The largest absolute Gasteiger partial charge is 0.481 e. The maximum absolute atomic E-state index is 11.4. The zero-order chi connectivity index (χ0) is 11.3. The third kappa shape index (κ3) is 3.20. The van der Waals surface area contributed by atoms with Gasteiger partial charge in [0.2, 0.25) is 0 Å². The highest BCUT2D eigenvalue weighted by Gasteiger charge is 2.40. The summed E-state index contributed by atoms with van der Waals surface area (Å²) in [5.74, 6) is -0.0938. The molecule has 88 valence electrons. The number of carboxylic acids is 1. The number of rotatable bonds is 5. The van der Waals surface area contributed by atoms with Gasteiger partial charge in [0.15, 0.2) is 0 Å². The lowest BCUT2D eigenvalue weighted by atomic mass is 9.73. The molecule has 0 aromatic heterocycles. The molecule has 1 aliphatic rings. The van der Waals surface area contributed by atoms with Crippen molar-refractivity contribution in [2.75, 3.05) is 13.1 Å². The van der Waals surface area contributed by atoms with Gasteiger partial charge in [-0.3, -0.25) is 4.79 Å². The summed E-state index contributed by atoms with van der Waals surface area (Å²) in [4.78, 5) is 11.4. The summed E-state index contributed by atoms with van der Waals surface area (Å²) in [7, 11) is 0. The van der Waals surface area contributed by atoms with Gasteiger partial charge < -0.3 is 10.4 Å². The van der Waals surface area contributed by atoms with Crippen LogP contribution in [0.3, 0.4) is 0 Å². The van der Waals surface area contributed by atoms with E-state index in [1.165, 1.54) is 0 Å². The summed E-state index contributed by atoms with van der Waals surface area (Å²) >= 11 is 0. The Labute approximate surface area is 92.3 Å². The standard InChI is InChI=1S/C12H23NO2/c1-3-5-10(2)8-12(11(14)15)6-4-7-13-9-12/h10,13H,3-9H2,1-2H3,(H,14,15). The van der Waals surface area contributed by atoms with Crippen LogP contribution in [0.15, 0.2) is 0 Å². The average molecular weight is 213 g/mol. The first-order valence-corrected chi connectivity index (χ1v) is 6.05. The molecule has 1 aliphatic heterocycles. The fourth-order valence-electron chi connectivity index (χ4n) is 2.67. The SMILES string of the molecule is CCCC(C)CC1(C(=O)O)CCCNC1. The van der Waals surface area contributed by atoms with Crippen LogP contribution in [-0.4, -0.2) is 24.2 Å². The van der Waals surface area contributed by atoms with Crippen LogP contribution in [0.5, 0.6) is 0 Å². The van der Waals surface area contributed by atoms with Crippen LogP contribution in [0.1, 0.15) is 46.0 Å². The first-order chi connectivity index (χ1) is 7.10. The van der Waals surface area contributed by atoms with E-state index in [0.717, 1.165) is 38.6 Å². The zero-order valence-electron chi connectivity index (χ0n) is 9.88. The molecular weight excluding hydrogens is 190 g/mol. The van der Waals surface area contributed by atoms with Crippen molar-refractivity contribution in [3.63, 3.8) is 0 Å². The minimum atomic E-state index is -0.613. The molecule has 2 unspecified atom stereocenters. The molecule has 0 bridgehead atoms. The number of hydrogen-bond donors (Lipinski definition) is 2. The quantitative estimate of drug-likeness (QED) is 0.736. The van der Waals surface area contributed by atoms with E-state index in [4.69, 9.17) is 0 Å².